The zero-order valence-corrected chi connectivity index (χ0v) is 13.3. The molecule has 0 aliphatic heterocycles. The largest absolute Gasteiger partial charge is 0.444 e. The molecule has 0 spiro atoms. The highest BCUT2D eigenvalue weighted by molar-refractivity contribution is 14.1. The van der Waals surface area contributed by atoms with Crippen LogP contribution in [0.4, 0.5) is 4.79 Å². The number of amides is 1. The maximum absolute atomic E-state index is 11.7. The number of ether oxygens (including phenoxy) is 1. The second kappa shape index (κ2) is 6.07. The minimum absolute atomic E-state index is 0.0576. The number of carbonyl (C=O) groups excluding carboxylic acids is 1. The summed E-state index contributed by atoms with van der Waals surface area (Å²) in [5, 5.41) is 2.95. The first-order chi connectivity index (χ1) is 7.06. The molecular formula is C12H24INO2. The average Bonchev–Trinajstić information content (AvgIpc) is 1.97. The Morgan fingerprint density at radius 1 is 1.25 bits per heavy atom. The molecule has 0 aromatic rings. The molecule has 4 heteroatoms. The van der Waals surface area contributed by atoms with Crippen molar-refractivity contribution in [1.82, 2.24) is 5.32 Å². The van der Waals surface area contributed by atoms with Gasteiger partial charge in [0.25, 0.3) is 0 Å². The Labute approximate surface area is 113 Å². The number of nitrogens with one attached hydrogen (secondary N) is 1. The van der Waals surface area contributed by atoms with Gasteiger partial charge in [0, 0.05) is 10.5 Å². The third-order valence-corrected chi connectivity index (χ3v) is 2.76. The lowest BCUT2D eigenvalue weighted by molar-refractivity contribution is 0.0462. The van der Waals surface area contributed by atoms with Crippen LogP contribution in [0.2, 0.25) is 0 Å². The van der Waals surface area contributed by atoms with E-state index in [1.807, 2.05) is 20.8 Å². The summed E-state index contributed by atoms with van der Waals surface area (Å²) >= 11 is 2.33. The highest BCUT2D eigenvalue weighted by Gasteiger charge is 2.27. The van der Waals surface area contributed by atoms with Gasteiger partial charge >= 0.3 is 6.09 Å². The van der Waals surface area contributed by atoms with E-state index in [4.69, 9.17) is 4.74 Å². The lowest BCUT2D eigenvalue weighted by Crippen LogP contribution is -2.46. The second-order valence-electron chi connectivity index (χ2n) is 6.04. The van der Waals surface area contributed by atoms with Crippen LogP contribution < -0.4 is 5.32 Å². The van der Waals surface area contributed by atoms with Crippen LogP contribution in [-0.2, 0) is 4.74 Å². The summed E-state index contributed by atoms with van der Waals surface area (Å²) in [7, 11) is 0. The van der Waals surface area contributed by atoms with Gasteiger partial charge in [0.15, 0.2) is 0 Å². The van der Waals surface area contributed by atoms with E-state index in [2.05, 4.69) is 48.7 Å². The van der Waals surface area contributed by atoms with E-state index in [9.17, 15) is 4.79 Å². The normalized spacial score (nSPS) is 14.4. The fourth-order valence-corrected chi connectivity index (χ4v) is 1.90. The summed E-state index contributed by atoms with van der Waals surface area (Å²) in [4.78, 5) is 11.7. The van der Waals surface area contributed by atoms with Gasteiger partial charge in [0.2, 0.25) is 0 Å². The number of hydrogen-bond donors (Lipinski definition) is 1. The van der Waals surface area contributed by atoms with Crippen molar-refractivity contribution in [1.29, 1.82) is 0 Å². The Morgan fingerprint density at radius 3 is 2.06 bits per heavy atom. The quantitative estimate of drug-likeness (QED) is 0.627. The summed E-state index contributed by atoms with van der Waals surface area (Å²) in [6, 6.07) is 0.152. The van der Waals surface area contributed by atoms with E-state index in [1.54, 1.807) is 0 Å². The molecule has 0 radical (unpaired) electrons. The molecule has 0 saturated heterocycles. The molecule has 96 valence electrons. The van der Waals surface area contributed by atoms with Crippen LogP contribution in [0.25, 0.3) is 0 Å². The first-order valence-corrected chi connectivity index (χ1v) is 7.14. The van der Waals surface area contributed by atoms with Gasteiger partial charge < -0.3 is 10.1 Å². The minimum atomic E-state index is -0.434. The van der Waals surface area contributed by atoms with Gasteiger partial charge in [0.1, 0.15) is 5.60 Å². The predicted octanol–water partition coefficient (Wildman–Crippen LogP) is 3.75. The molecule has 0 rings (SSSR count). The van der Waals surface area contributed by atoms with Gasteiger partial charge in [-0.15, -0.1) is 0 Å². The Balaban J connectivity index is 4.36. The first-order valence-electron chi connectivity index (χ1n) is 5.62. The fourth-order valence-electron chi connectivity index (χ4n) is 1.28. The molecule has 1 atom stereocenters. The topological polar surface area (TPSA) is 38.3 Å². The Kier molecular flexibility index (Phi) is 6.07. The molecule has 0 heterocycles. The SMILES string of the molecule is CC(C)(C)OC(=O)NC(CCI)C(C)(C)C. The molecule has 0 aliphatic carbocycles. The third-order valence-electron chi connectivity index (χ3n) is 2.13. The highest BCUT2D eigenvalue weighted by Crippen LogP contribution is 2.23. The number of alkyl carbamates (subject to hydrolysis) is 1. The van der Waals surface area contributed by atoms with Crippen molar-refractivity contribution in [3.8, 4) is 0 Å². The summed E-state index contributed by atoms with van der Waals surface area (Å²) < 4.78 is 6.28. The predicted molar refractivity (Wildman–Crippen MR) is 76.1 cm³/mol. The zero-order valence-electron chi connectivity index (χ0n) is 11.2. The minimum Gasteiger partial charge on any atom is -0.444 e. The Bertz CT molecular complexity index is 228. The van der Waals surface area contributed by atoms with Crippen LogP contribution in [0, 0.1) is 5.41 Å². The van der Waals surface area contributed by atoms with E-state index in [0.717, 1.165) is 10.8 Å². The van der Waals surface area contributed by atoms with Gasteiger partial charge in [-0.3, -0.25) is 0 Å². The lowest BCUT2D eigenvalue weighted by Gasteiger charge is -2.32. The van der Waals surface area contributed by atoms with Gasteiger partial charge in [-0.25, -0.2) is 4.79 Å². The van der Waals surface area contributed by atoms with E-state index in [1.165, 1.54) is 0 Å². The molecule has 0 saturated carbocycles. The second-order valence-corrected chi connectivity index (χ2v) is 7.12. The van der Waals surface area contributed by atoms with Crippen LogP contribution >= 0.6 is 22.6 Å². The number of alkyl halides is 1. The fraction of sp³-hybridized carbons (Fsp3) is 0.917. The van der Waals surface area contributed by atoms with Crippen molar-refractivity contribution in [3.05, 3.63) is 0 Å². The highest BCUT2D eigenvalue weighted by atomic mass is 127. The Morgan fingerprint density at radius 2 is 1.75 bits per heavy atom. The molecule has 3 nitrogen and oxygen atoms in total. The average molecular weight is 341 g/mol. The smallest absolute Gasteiger partial charge is 0.407 e. The van der Waals surface area contributed by atoms with Crippen molar-refractivity contribution in [2.24, 2.45) is 5.41 Å². The van der Waals surface area contributed by atoms with E-state index < -0.39 is 5.60 Å². The zero-order chi connectivity index (χ0) is 13.0. The third kappa shape index (κ3) is 7.30. The van der Waals surface area contributed by atoms with Crippen molar-refractivity contribution in [2.45, 2.75) is 59.6 Å². The molecule has 0 aromatic heterocycles. The van der Waals surface area contributed by atoms with Crippen LogP contribution in [0.5, 0.6) is 0 Å². The van der Waals surface area contributed by atoms with E-state index >= 15 is 0 Å². The van der Waals surface area contributed by atoms with Gasteiger partial charge in [-0.05, 0) is 32.6 Å². The summed E-state index contributed by atoms with van der Waals surface area (Å²) in [5.41, 5.74) is -0.376. The maximum Gasteiger partial charge on any atom is 0.407 e. The number of rotatable bonds is 3. The maximum atomic E-state index is 11.7. The van der Waals surface area contributed by atoms with Crippen molar-refractivity contribution in [3.63, 3.8) is 0 Å². The number of halogens is 1. The lowest BCUT2D eigenvalue weighted by atomic mass is 9.85. The monoisotopic (exact) mass is 341 g/mol. The molecule has 16 heavy (non-hydrogen) atoms. The Hall–Kier alpha value is 0. The molecule has 0 aromatic carbocycles. The van der Waals surface area contributed by atoms with Crippen molar-refractivity contribution < 1.29 is 9.53 Å². The summed E-state index contributed by atoms with van der Waals surface area (Å²) in [6.07, 6.45) is 0.640. The van der Waals surface area contributed by atoms with Gasteiger partial charge in [-0.2, -0.15) is 0 Å². The van der Waals surface area contributed by atoms with Crippen LogP contribution in [0.3, 0.4) is 0 Å². The van der Waals surface area contributed by atoms with Crippen LogP contribution in [0.1, 0.15) is 48.0 Å². The van der Waals surface area contributed by atoms with E-state index in [0.29, 0.717) is 0 Å². The van der Waals surface area contributed by atoms with Gasteiger partial charge in [0.05, 0.1) is 0 Å². The first kappa shape index (κ1) is 16.0. The van der Waals surface area contributed by atoms with Gasteiger partial charge in [-0.1, -0.05) is 43.4 Å². The number of hydrogen-bond acceptors (Lipinski definition) is 2. The molecule has 0 aliphatic rings. The molecule has 0 bridgehead atoms. The van der Waals surface area contributed by atoms with Crippen molar-refractivity contribution in [2.75, 3.05) is 4.43 Å². The number of carbonyl (C=O) groups is 1. The summed E-state index contributed by atoms with van der Waals surface area (Å²) in [6.45, 7) is 12.0. The van der Waals surface area contributed by atoms with Crippen LogP contribution in [0.15, 0.2) is 0 Å². The van der Waals surface area contributed by atoms with E-state index in [-0.39, 0.29) is 17.6 Å². The molecular weight excluding hydrogens is 317 g/mol. The molecule has 1 unspecified atom stereocenters. The molecule has 1 N–H and O–H groups in total. The molecule has 1 amide bonds. The molecule has 0 fully saturated rings. The standard InChI is InChI=1S/C12H24INO2/c1-11(2,3)9(7-8-13)14-10(15)16-12(4,5)6/h9H,7-8H2,1-6H3,(H,14,15). The summed E-state index contributed by atoms with van der Waals surface area (Å²) in [5.74, 6) is 0. The van der Waals surface area contributed by atoms with Crippen molar-refractivity contribution >= 4 is 28.7 Å². The van der Waals surface area contributed by atoms with Crippen LogP contribution in [-0.4, -0.2) is 22.2 Å².